The summed E-state index contributed by atoms with van der Waals surface area (Å²) in [6.07, 6.45) is 2.87. The zero-order valence-electron chi connectivity index (χ0n) is 13.2. The highest BCUT2D eigenvalue weighted by Crippen LogP contribution is 2.11. The molecule has 0 aliphatic rings. The number of ether oxygens (including phenoxy) is 1. The predicted molar refractivity (Wildman–Crippen MR) is 91.5 cm³/mol. The van der Waals surface area contributed by atoms with Crippen molar-refractivity contribution in [1.29, 1.82) is 0 Å². The van der Waals surface area contributed by atoms with Crippen molar-refractivity contribution >= 4 is 29.4 Å². The largest absolute Gasteiger partial charge is 0.452 e. The molecule has 1 N–H and O–H groups in total. The summed E-state index contributed by atoms with van der Waals surface area (Å²) in [5.74, 6) is -1.17. The summed E-state index contributed by atoms with van der Waals surface area (Å²) in [7, 11) is 0. The van der Waals surface area contributed by atoms with Gasteiger partial charge in [0, 0.05) is 17.3 Å². The molecule has 0 atom stereocenters. The van der Waals surface area contributed by atoms with Gasteiger partial charge in [-0.1, -0.05) is 42.5 Å². The number of Topliss-reactive ketones (excluding diaryl/α,β-unsaturated/α-hetero) is 1. The van der Waals surface area contributed by atoms with Crippen LogP contribution in [-0.4, -0.2) is 24.3 Å². The number of esters is 1. The second kappa shape index (κ2) is 8.43. The summed E-state index contributed by atoms with van der Waals surface area (Å²) in [6, 6.07) is 15.8. The average molecular weight is 323 g/mol. The van der Waals surface area contributed by atoms with E-state index in [1.807, 2.05) is 30.3 Å². The van der Waals surface area contributed by atoms with Gasteiger partial charge in [-0.05, 0) is 30.7 Å². The first-order chi connectivity index (χ1) is 11.5. The fraction of sp³-hybridized carbons (Fsp3) is 0.105. The molecule has 5 nitrogen and oxygen atoms in total. The second-order valence-corrected chi connectivity index (χ2v) is 5.04. The molecule has 0 heterocycles. The zero-order chi connectivity index (χ0) is 17.4. The Morgan fingerprint density at radius 1 is 1.04 bits per heavy atom. The van der Waals surface area contributed by atoms with Gasteiger partial charge >= 0.3 is 5.97 Å². The fourth-order valence-corrected chi connectivity index (χ4v) is 1.93. The van der Waals surface area contributed by atoms with E-state index in [2.05, 4.69) is 5.32 Å². The Labute approximate surface area is 140 Å². The first kappa shape index (κ1) is 17.1. The first-order valence-electron chi connectivity index (χ1n) is 7.35. The summed E-state index contributed by atoms with van der Waals surface area (Å²) in [6.45, 7) is 1.05. The molecule has 0 saturated heterocycles. The van der Waals surface area contributed by atoms with Crippen molar-refractivity contribution in [2.45, 2.75) is 6.92 Å². The molecule has 2 aromatic carbocycles. The lowest BCUT2D eigenvalue weighted by Gasteiger charge is -2.06. The monoisotopic (exact) mass is 323 g/mol. The number of hydrogen-bond donors (Lipinski definition) is 1. The van der Waals surface area contributed by atoms with Crippen LogP contribution in [0.3, 0.4) is 0 Å². The van der Waals surface area contributed by atoms with Crippen molar-refractivity contribution in [2.24, 2.45) is 0 Å². The Kier molecular flexibility index (Phi) is 6.02. The zero-order valence-corrected chi connectivity index (χ0v) is 13.2. The molecular weight excluding hydrogens is 306 g/mol. The number of carbonyl (C=O) groups excluding carboxylic acids is 3. The van der Waals surface area contributed by atoms with Gasteiger partial charge in [0.05, 0.1) is 0 Å². The lowest BCUT2D eigenvalue weighted by Crippen LogP contribution is -2.20. The van der Waals surface area contributed by atoms with Crippen LogP contribution in [-0.2, 0) is 14.3 Å². The summed E-state index contributed by atoms with van der Waals surface area (Å²) in [5.41, 5.74) is 1.83. The van der Waals surface area contributed by atoms with Gasteiger partial charge in [-0.25, -0.2) is 4.79 Å². The first-order valence-corrected chi connectivity index (χ1v) is 7.35. The molecule has 0 spiro atoms. The van der Waals surface area contributed by atoms with Crippen LogP contribution in [0.15, 0.2) is 60.7 Å². The molecule has 0 unspecified atom stereocenters. The minimum atomic E-state index is -0.605. The highest BCUT2D eigenvalue weighted by molar-refractivity contribution is 5.98. The van der Waals surface area contributed by atoms with Crippen molar-refractivity contribution in [1.82, 2.24) is 0 Å². The van der Waals surface area contributed by atoms with Crippen LogP contribution < -0.4 is 5.32 Å². The molecule has 0 saturated carbocycles. The number of ketones is 1. The van der Waals surface area contributed by atoms with Gasteiger partial charge in [0.15, 0.2) is 12.4 Å². The molecular formula is C19H17NO4. The van der Waals surface area contributed by atoms with Crippen LogP contribution in [0.4, 0.5) is 5.69 Å². The summed E-state index contributed by atoms with van der Waals surface area (Å²) < 4.78 is 4.87. The van der Waals surface area contributed by atoms with E-state index in [0.29, 0.717) is 11.3 Å². The molecule has 5 heteroatoms. The standard InChI is InChI=1S/C19H17NO4/c1-14(21)16-8-5-9-17(12-16)20-18(22)13-24-19(23)11-10-15-6-3-2-4-7-15/h2-12H,13H2,1H3,(H,20,22)/b11-10+. The Morgan fingerprint density at radius 3 is 2.50 bits per heavy atom. The number of rotatable bonds is 6. The Balaban J connectivity index is 1.82. The van der Waals surface area contributed by atoms with Crippen LogP contribution in [0.2, 0.25) is 0 Å². The quantitative estimate of drug-likeness (QED) is 0.504. The average Bonchev–Trinajstić information content (AvgIpc) is 2.59. The third kappa shape index (κ3) is 5.53. The predicted octanol–water partition coefficient (Wildman–Crippen LogP) is 3.08. The number of anilines is 1. The minimum absolute atomic E-state index is 0.0939. The molecule has 0 aliphatic heterocycles. The maximum atomic E-state index is 11.8. The fourth-order valence-electron chi connectivity index (χ4n) is 1.93. The Hall–Kier alpha value is -3.21. The van der Waals surface area contributed by atoms with E-state index in [0.717, 1.165) is 5.56 Å². The van der Waals surface area contributed by atoms with Gasteiger partial charge in [0.1, 0.15) is 0 Å². The van der Waals surface area contributed by atoms with Crippen molar-refractivity contribution in [3.8, 4) is 0 Å². The molecule has 0 aromatic heterocycles. The number of amides is 1. The molecule has 0 aliphatic carbocycles. The molecule has 24 heavy (non-hydrogen) atoms. The van der Waals surface area contributed by atoms with E-state index in [4.69, 9.17) is 4.74 Å². The van der Waals surface area contributed by atoms with Gasteiger partial charge in [-0.2, -0.15) is 0 Å². The molecule has 2 aromatic rings. The van der Waals surface area contributed by atoms with E-state index >= 15 is 0 Å². The number of benzene rings is 2. The van der Waals surface area contributed by atoms with Crippen LogP contribution in [0, 0.1) is 0 Å². The lowest BCUT2D eigenvalue weighted by atomic mass is 10.1. The highest BCUT2D eigenvalue weighted by Gasteiger charge is 2.07. The molecule has 0 bridgehead atoms. The Bertz CT molecular complexity index is 766. The summed E-state index contributed by atoms with van der Waals surface area (Å²) >= 11 is 0. The van der Waals surface area contributed by atoms with Crippen molar-refractivity contribution in [3.63, 3.8) is 0 Å². The minimum Gasteiger partial charge on any atom is -0.452 e. The Morgan fingerprint density at radius 2 is 1.79 bits per heavy atom. The van der Waals surface area contributed by atoms with Gasteiger partial charge in [-0.15, -0.1) is 0 Å². The number of carbonyl (C=O) groups is 3. The van der Waals surface area contributed by atoms with Crippen molar-refractivity contribution in [3.05, 3.63) is 71.8 Å². The molecule has 2 rings (SSSR count). The van der Waals surface area contributed by atoms with E-state index in [1.165, 1.54) is 13.0 Å². The van der Waals surface area contributed by atoms with E-state index < -0.39 is 18.5 Å². The van der Waals surface area contributed by atoms with Crippen LogP contribution in [0.5, 0.6) is 0 Å². The third-order valence-corrected chi connectivity index (χ3v) is 3.11. The van der Waals surface area contributed by atoms with E-state index in [1.54, 1.807) is 30.3 Å². The topological polar surface area (TPSA) is 72.5 Å². The number of hydrogen-bond acceptors (Lipinski definition) is 4. The van der Waals surface area contributed by atoms with Crippen LogP contribution >= 0.6 is 0 Å². The molecule has 122 valence electrons. The maximum absolute atomic E-state index is 11.8. The second-order valence-electron chi connectivity index (χ2n) is 5.04. The third-order valence-electron chi connectivity index (χ3n) is 3.11. The van der Waals surface area contributed by atoms with E-state index in [9.17, 15) is 14.4 Å². The van der Waals surface area contributed by atoms with Gasteiger partial charge in [0.25, 0.3) is 5.91 Å². The maximum Gasteiger partial charge on any atom is 0.331 e. The number of nitrogens with one attached hydrogen (secondary N) is 1. The van der Waals surface area contributed by atoms with Crippen molar-refractivity contribution in [2.75, 3.05) is 11.9 Å². The highest BCUT2D eigenvalue weighted by atomic mass is 16.5. The van der Waals surface area contributed by atoms with Gasteiger partial charge < -0.3 is 10.1 Å². The van der Waals surface area contributed by atoms with Crippen molar-refractivity contribution < 1.29 is 19.1 Å². The lowest BCUT2D eigenvalue weighted by molar-refractivity contribution is -0.142. The normalized spacial score (nSPS) is 10.4. The van der Waals surface area contributed by atoms with Gasteiger partial charge in [0.2, 0.25) is 0 Å². The molecule has 1 amide bonds. The van der Waals surface area contributed by atoms with Crippen LogP contribution in [0.25, 0.3) is 6.08 Å². The van der Waals surface area contributed by atoms with E-state index in [-0.39, 0.29) is 5.78 Å². The van der Waals surface area contributed by atoms with Gasteiger partial charge in [-0.3, -0.25) is 9.59 Å². The smallest absolute Gasteiger partial charge is 0.331 e. The molecule has 0 radical (unpaired) electrons. The molecule has 0 fully saturated rings. The summed E-state index contributed by atoms with van der Waals surface area (Å²) in [4.78, 5) is 34.7. The summed E-state index contributed by atoms with van der Waals surface area (Å²) in [5, 5.41) is 2.57. The van der Waals surface area contributed by atoms with Crippen LogP contribution in [0.1, 0.15) is 22.8 Å². The SMILES string of the molecule is CC(=O)c1cccc(NC(=O)COC(=O)/C=C/c2ccccc2)c1.